The summed E-state index contributed by atoms with van der Waals surface area (Å²) < 4.78 is 46.8. The van der Waals surface area contributed by atoms with Crippen molar-refractivity contribution in [3.05, 3.63) is 48.3 Å². The fourth-order valence-electron chi connectivity index (χ4n) is 1.35. The van der Waals surface area contributed by atoms with Crippen LogP contribution in [0.25, 0.3) is 0 Å². The number of hydrogen-bond donors (Lipinski definition) is 0. The predicted molar refractivity (Wildman–Crippen MR) is 78.7 cm³/mol. The molecule has 1 aromatic rings. The molecule has 4 nitrogen and oxygen atoms in total. The van der Waals surface area contributed by atoms with Gasteiger partial charge in [-0.1, -0.05) is 23.9 Å². The lowest BCUT2D eigenvalue weighted by molar-refractivity contribution is -0.0797. The van der Waals surface area contributed by atoms with Crippen LogP contribution in [0.5, 0.6) is 5.75 Å². The van der Waals surface area contributed by atoms with Crippen LogP contribution in [-0.2, 0) is 4.74 Å². The smallest absolute Gasteiger partial charge is 0.417 e. The van der Waals surface area contributed by atoms with E-state index in [9.17, 15) is 18.0 Å². The largest absolute Gasteiger partial charge is 0.473 e. The third-order valence-electron chi connectivity index (χ3n) is 2.22. The van der Waals surface area contributed by atoms with Gasteiger partial charge in [0.25, 0.3) is 0 Å². The lowest BCUT2D eigenvalue weighted by atomic mass is 10.2. The Labute approximate surface area is 132 Å². The van der Waals surface area contributed by atoms with E-state index in [-0.39, 0.29) is 12.8 Å². The van der Waals surface area contributed by atoms with Crippen LogP contribution in [0.3, 0.4) is 0 Å². The van der Waals surface area contributed by atoms with E-state index in [0.717, 1.165) is 11.1 Å². The molecule has 1 aromatic carbocycles. The van der Waals surface area contributed by atoms with Crippen LogP contribution in [0.2, 0.25) is 0 Å². The molecule has 7 heteroatoms. The van der Waals surface area contributed by atoms with Gasteiger partial charge < -0.3 is 9.47 Å². The van der Waals surface area contributed by atoms with E-state index in [4.69, 9.17) is 9.47 Å². The molecule has 23 heavy (non-hydrogen) atoms. The minimum atomic E-state index is -4.52. The van der Waals surface area contributed by atoms with Gasteiger partial charge in [0.2, 0.25) is 0 Å². The molecule has 0 radical (unpaired) electrons. The van der Waals surface area contributed by atoms with E-state index in [1.165, 1.54) is 0 Å². The van der Waals surface area contributed by atoms with E-state index in [1.807, 2.05) is 5.73 Å². The highest BCUT2D eigenvalue weighted by atomic mass is 19.4. The summed E-state index contributed by atoms with van der Waals surface area (Å²) in [5.41, 5.74) is 1.11. The lowest BCUT2D eigenvalue weighted by Gasteiger charge is -2.24. The highest BCUT2D eigenvalue weighted by Gasteiger charge is 2.23. The van der Waals surface area contributed by atoms with Gasteiger partial charge in [-0.3, -0.25) is 0 Å². The Morgan fingerprint density at radius 3 is 2.35 bits per heavy atom. The van der Waals surface area contributed by atoms with Gasteiger partial charge in [0, 0.05) is 0 Å². The van der Waals surface area contributed by atoms with Crippen LogP contribution in [0, 0.1) is 0 Å². The van der Waals surface area contributed by atoms with Crippen molar-refractivity contribution < 1.29 is 27.4 Å². The van der Waals surface area contributed by atoms with Gasteiger partial charge in [-0.2, -0.15) is 13.2 Å². The maximum Gasteiger partial charge on any atom is 0.417 e. The minimum Gasteiger partial charge on any atom is -0.473 e. The number of hydrogen-bond acceptors (Lipinski definition) is 3. The van der Waals surface area contributed by atoms with Crippen LogP contribution in [0.15, 0.2) is 48.3 Å². The fourth-order valence-corrected chi connectivity index (χ4v) is 1.35. The van der Waals surface area contributed by atoms with Crippen LogP contribution in [0.1, 0.15) is 20.8 Å². The highest BCUT2D eigenvalue weighted by molar-refractivity contribution is 5.69. The quantitative estimate of drug-likeness (QED) is 0.603. The van der Waals surface area contributed by atoms with Crippen LogP contribution in [-0.4, -0.2) is 29.5 Å². The lowest BCUT2D eigenvalue weighted by Crippen LogP contribution is -2.35. The third kappa shape index (κ3) is 8.58. The van der Waals surface area contributed by atoms with E-state index in [0.29, 0.717) is 5.75 Å². The summed E-state index contributed by atoms with van der Waals surface area (Å²) in [6.07, 6.45) is -4.62. The highest BCUT2D eigenvalue weighted by Crippen LogP contribution is 2.16. The SMILES string of the molecule is CC(C)(C)OC(=O)N(C=C=CC(F)(F)F)COc1ccccc1. The average molecular weight is 329 g/mol. The van der Waals surface area contributed by atoms with Crippen molar-refractivity contribution >= 4 is 6.09 Å². The normalized spacial score (nSPS) is 11.2. The van der Waals surface area contributed by atoms with Gasteiger partial charge in [0.1, 0.15) is 11.4 Å². The molecule has 1 amide bonds. The Morgan fingerprint density at radius 2 is 1.83 bits per heavy atom. The molecule has 0 aliphatic rings. The van der Waals surface area contributed by atoms with Gasteiger partial charge in [-0.05, 0) is 32.9 Å². The second-order valence-corrected chi connectivity index (χ2v) is 5.52. The van der Waals surface area contributed by atoms with Crippen molar-refractivity contribution in [1.82, 2.24) is 4.90 Å². The molecule has 0 unspecified atom stereocenters. The Balaban J connectivity index is 2.83. The van der Waals surface area contributed by atoms with E-state index in [1.54, 1.807) is 51.1 Å². The molecule has 0 fully saturated rings. The Hall–Kier alpha value is -2.40. The molecule has 0 spiro atoms. The predicted octanol–water partition coefficient (Wildman–Crippen LogP) is 4.49. The molecule has 0 aromatic heterocycles. The molecular formula is C16H18F3NO3. The zero-order valence-electron chi connectivity index (χ0n) is 13.1. The fraction of sp³-hybridized carbons (Fsp3) is 0.375. The molecule has 0 bridgehead atoms. The summed E-state index contributed by atoms with van der Waals surface area (Å²) in [5.74, 6) is 0.467. The first-order valence-corrected chi connectivity index (χ1v) is 6.75. The van der Waals surface area contributed by atoms with E-state index >= 15 is 0 Å². The zero-order valence-corrected chi connectivity index (χ0v) is 13.1. The van der Waals surface area contributed by atoms with Crippen molar-refractivity contribution in [3.8, 4) is 5.75 Å². The molecule has 126 valence electrons. The first-order valence-electron chi connectivity index (χ1n) is 6.75. The van der Waals surface area contributed by atoms with Gasteiger partial charge in [0.15, 0.2) is 6.73 Å². The number of alkyl halides is 3. The second-order valence-electron chi connectivity index (χ2n) is 5.52. The second kappa shape index (κ2) is 7.74. The Kier molecular flexibility index (Phi) is 6.28. The van der Waals surface area contributed by atoms with Gasteiger partial charge in [0.05, 0.1) is 12.3 Å². The van der Waals surface area contributed by atoms with Crippen molar-refractivity contribution in [2.75, 3.05) is 6.73 Å². The summed E-state index contributed by atoms with van der Waals surface area (Å²) in [7, 11) is 0. The van der Waals surface area contributed by atoms with Crippen LogP contribution >= 0.6 is 0 Å². The Morgan fingerprint density at radius 1 is 1.22 bits per heavy atom. The number of rotatable bonds is 4. The molecule has 0 saturated carbocycles. The number of carbonyl (C=O) groups excluding carboxylic acids is 1. The van der Waals surface area contributed by atoms with Crippen molar-refractivity contribution in [2.45, 2.75) is 32.5 Å². The van der Waals surface area contributed by atoms with Crippen molar-refractivity contribution in [3.63, 3.8) is 0 Å². The maximum absolute atomic E-state index is 12.1. The summed E-state index contributed by atoms with van der Waals surface area (Å²) in [6.45, 7) is 4.64. The number of amides is 1. The molecule has 0 heterocycles. The number of allylic oxidation sites excluding steroid dienone is 1. The van der Waals surface area contributed by atoms with E-state index in [2.05, 4.69) is 0 Å². The topological polar surface area (TPSA) is 38.8 Å². The van der Waals surface area contributed by atoms with Crippen LogP contribution in [0.4, 0.5) is 18.0 Å². The van der Waals surface area contributed by atoms with Crippen LogP contribution < -0.4 is 4.74 Å². The molecule has 0 N–H and O–H groups in total. The molecule has 0 saturated heterocycles. The first-order chi connectivity index (χ1) is 10.6. The number of nitrogens with zero attached hydrogens (tertiary/aromatic N) is 1. The average Bonchev–Trinajstić information content (AvgIpc) is 2.40. The number of carbonyl (C=O) groups is 1. The number of halogens is 3. The molecule has 1 rings (SSSR count). The third-order valence-corrected chi connectivity index (χ3v) is 2.22. The number of benzene rings is 1. The first kappa shape index (κ1) is 18.6. The molecule has 0 atom stereocenters. The Bertz CT molecular complexity index is 568. The minimum absolute atomic E-state index is 0.104. The summed E-state index contributed by atoms with van der Waals surface area (Å²) in [6, 6.07) is 8.55. The van der Waals surface area contributed by atoms with Gasteiger partial charge in [-0.15, -0.1) is 0 Å². The standard InChI is InChI=1S/C16H18F3NO3/c1-15(2,3)23-14(21)20(11-7-10-16(17,18)19)12-22-13-8-5-4-6-9-13/h4-6,8-11H,12H2,1-3H3. The van der Waals surface area contributed by atoms with Crippen molar-refractivity contribution in [1.29, 1.82) is 0 Å². The number of para-hydroxylation sites is 1. The molecular weight excluding hydrogens is 311 g/mol. The maximum atomic E-state index is 12.1. The van der Waals surface area contributed by atoms with Gasteiger partial charge >= 0.3 is 12.3 Å². The summed E-state index contributed by atoms with van der Waals surface area (Å²) >= 11 is 0. The number of ether oxygens (including phenoxy) is 2. The summed E-state index contributed by atoms with van der Waals surface area (Å²) in [5, 5.41) is 0. The monoisotopic (exact) mass is 329 g/mol. The molecule has 0 aliphatic carbocycles. The van der Waals surface area contributed by atoms with E-state index < -0.39 is 17.9 Å². The van der Waals surface area contributed by atoms with Crippen molar-refractivity contribution in [2.24, 2.45) is 0 Å². The molecule has 0 aliphatic heterocycles. The summed E-state index contributed by atoms with van der Waals surface area (Å²) in [4.78, 5) is 12.9. The zero-order chi connectivity index (χ0) is 17.5. The van der Waals surface area contributed by atoms with Gasteiger partial charge in [-0.25, -0.2) is 9.69 Å².